The molecule has 0 atom stereocenters. The maximum Gasteiger partial charge on any atom is 0.160 e. The Hall–Kier alpha value is -3.85. The second kappa shape index (κ2) is 12.3. The number of likely N-dealkylation sites (N-methyl/N-ethyl adjacent to an activating group) is 1. The first-order valence-electron chi connectivity index (χ1n) is 10.5. The van der Waals surface area contributed by atoms with Gasteiger partial charge in [-0.05, 0) is 44.5 Å². The van der Waals surface area contributed by atoms with Gasteiger partial charge in [-0.1, -0.05) is 6.07 Å². The van der Waals surface area contributed by atoms with E-state index in [0.29, 0.717) is 18.8 Å². The minimum absolute atomic E-state index is 0.0700. The van der Waals surface area contributed by atoms with Gasteiger partial charge in [-0.25, -0.2) is 19.4 Å². The van der Waals surface area contributed by atoms with Gasteiger partial charge in [0, 0.05) is 73.2 Å². The van der Waals surface area contributed by atoms with Gasteiger partial charge in [0.25, 0.3) is 0 Å². The van der Waals surface area contributed by atoms with Crippen LogP contribution in [0.3, 0.4) is 0 Å². The number of halogens is 1. The Morgan fingerprint density at radius 3 is 2.70 bits per heavy atom. The van der Waals surface area contributed by atoms with Gasteiger partial charge in [-0.2, -0.15) is 0 Å². The van der Waals surface area contributed by atoms with Gasteiger partial charge in [0.15, 0.2) is 11.6 Å². The molecule has 0 bridgehead atoms. The number of pyridine rings is 2. The molecule has 9 heteroatoms. The first-order valence-corrected chi connectivity index (χ1v) is 10.5. The second-order valence-corrected chi connectivity index (χ2v) is 7.27. The zero-order chi connectivity index (χ0) is 23.5. The maximum absolute atomic E-state index is 15.2. The number of nitrogens with zero attached hydrogens (tertiary/aromatic N) is 6. The molecule has 0 unspecified atom stereocenters. The number of rotatable bonds is 11. The quantitative estimate of drug-likeness (QED) is 0.347. The normalized spacial score (nSPS) is 12.0. The van der Waals surface area contributed by atoms with Gasteiger partial charge in [0.05, 0.1) is 0 Å². The highest BCUT2D eigenvalue weighted by atomic mass is 19.1. The van der Waals surface area contributed by atoms with Crippen molar-refractivity contribution < 1.29 is 4.39 Å². The lowest BCUT2D eigenvalue weighted by atomic mass is 10.1. The molecule has 0 saturated carbocycles. The summed E-state index contributed by atoms with van der Waals surface area (Å²) in [6, 6.07) is 7.45. The summed E-state index contributed by atoms with van der Waals surface area (Å²) in [4.78, 5) is 25.1. The van der Waals surface area contributed by atoms with Crippen LogP contribution in [0.25, 0.3) is 11.4 Å². The Balaban J connectivity index is 1.73. The fourth-order valence-corrected chi connectivity index (χ4v) is 3.13. The van der Waals surface area contributed by atoms with Gasteiger partial charge in [0.2, 0.25) is 0 Å². The van der Waals surface area contributed by atoms with Crippen LogP contribution in [0.4, 0.5) is 4.39 Å². The van der Waals surface area contributed by atoms with Crippen LogP contribution in [0.5, 0.6) is 0 Å². The minimum atomic E-state index is -0.418. The summed E-state index contributed by atoms with van der Waals surface area (Å²) >= 11 is 0. The first kappa shape index (κ1) is 23.8. The van der Waals surface area contributed by atoms with Crippen LogP contribution in [0.1, 0.15) is 22.5 Å². The smallest absolute Gasteiger partial charge is 0.160 e. The molecule has 8 nitrogen and oxygen atoms in total. The molecule has 0 aliphatic carbocycles. The lowest BCUT2D eigenvalue weighted by Crippen LogP contribution is -2.15. The molecule has 0 spiro atoms. The number of aliphatic imine (C=N–C) groups is 2. The fraction of sp³-hybridized carbons (Fsp3) is 0.250. The number of nitrogens with one attached hydrogen (secondary N) is 2. The molecule has 0 radical (unpaired) electrons. The van der Waals surface area contributed by atoms with Gasteiger partial charge >= 0.3 is 0 Å². The molecule has 0 fully saturated rings. The van der Waals surface area contributed by atoms with E-state index in [4.69, 9.17) is 0 Å². The van der Waals surface area contributed by atoms with E-state index in [2.05, 4.69) is 47.3 Å². The topological polar surface area (TPSA) is 100 Å². The predicted octanol–water partition coefficient (Wildman–Crippen LogP) is 3.20. The summed E-state index contributed by atoms with van der Waals surface area (Å²) in [6.45, 7) is 6.34. The Labute approximate surface area is 192 Å². The zero-order valence-corrected chi connectivity index (χ0v) is 18.8. The number of hydrogen-bond acceptors (Lipinski definition) is 7. The van der Waals surface area contributed by atoms with Crippen molar-refractivity contribution in [3.63, 3.8) is 0 Å². The van der Waals surface area contributed by atoms with Crippen molar-refractivity contribution in [1.29, 1.82) is 0 Å². The van der Waals surface area contributed by atoms with Crippen LogP contribution in [0, 0.1) is 6.92 Å². The summed E-state index contributed by atoms with van der Waals surface area (Å²) in [5.74, 6) is 0.267. The van der Waals surface area contributed by atoms with E-state index in [9.17, 15) is 0 Å². The minimum Gasteiger partial charge on any atom is -0.364 e. The van der Waals surface area contributed by atoms with Crippen molar-refractivity contribution in [2.45, 2.75) is 26.3 Å². The lowest BCUT2D eigenvalue weighted by Gasteiger charge is -2.11. The van der Waals surface area contributed by atoms with Crippen molar-refractivity contribution in [2.75, 3.05) is 13.6 Å². The number of aryl methyl sites for hydroxylation is 1. The van der Waals surface area contributed by atoms with E-state index in [1.54, 1.807) is 30.9 Å². The Morgan fingerprint density at radius 1 is 1.15 bits per heavy atom. The highest BCUT2D eigenvalue weighted by molar-refractivity contribution is 5.63. The third-order valence-corrected chi connectivity index (χ3v) is 4.79. The molecule has 33 heavy (non-hydrogen) atoms. The lowest BCUT2D eigenvalue weighted by molar-refractivity contribution is 0.574. The molecular formula is C24H27FN8. The monoisotopic (exact) mass is 446 g/mol. The summed E-state index contributed by atoms with van der Waals surface area (Å²) in [5, 5.41) is 6.11. The first-order chi connectivity index (χ1) is 16.1. The largest absolute Gasteiger partial charge is 0.364 e. The van der Waals surface area contributed by atoms with E-state index < -0.39 is 5.83 Å². The molecule has 3 aromatic heterocycles. The summed E-state index contributed by atoms with van der Waals surface area (Å²) in [5.41, 5.74) is 4.23. The van der Waals surface area contributed by atoms with Crippen LogP contribution in [0.15, 0.2) is 70.7 Å². The summed E-state index contributed by atoms with van der Waals surface area (Å²) in [7, 11) is 1.87. The van der Waals surface area contributed by atoms with Crippen LogP contribution >= 0.6 is 0 Å². The van der Waals surface area contributed by atoms with E-state index >= 15 is 4.39 Å². The average molecular weight is 447 g/mol. The van der Waals surface area contributed by atoms with Gasteiger partial charge in [-0.3, -0.25) is 15.0 Å². The van der Waals surface area contributed by atoms with E-state index in [0.717, 1.165) is 34.6 Å². The number of hydrogen-bond donors (Lipinski definition) is 2. The maximum atomic E-state index is 15.2. The van der Waals surface area contributed by atoms with Crippen LogP contribution in [0.2, 0.25) is 0 Å². The molecule has 0 aliphatic heterocycles. The molecule has 0 aromatic carbocycles. The van der Waals surface area contributed by atoms with Gasteiger partial charge < -0.3 is 10.6 Å². The predicted molar refractivity (Wildman–Crippen MR) is 129 cm³/mol. The molecule has 0 aliphatic rings. The van der Waals surface area contributed by atoms with Crippen molar-refractivity contribution in [3.8, 4) is 11.4 Å². The third kappa shape index (κ3) is 7.08. The molecule has 2 N–H and O–H groups in total. The molecule has 3 rings (SSSR count). The van der Waals surface area contributed by atoms with Crippen LogP contribution < -0.4 is 10.6 Å². The highest BCUT2D eigenvalue weighted by Gasteiger charge is 2.11. The van der Waals surface area contributed by atoms with Crippen molar-refractivity contribution in [2.24, 2.45) is 9.98 Å². The second-order valence-electron chi connectivity index (χ2n) is 7.27. The van der Waals surface area contributed by atoms with E-state index in [1.165, 1.54) is 6.34 Å². The Kier molecular flexibility index (Phi) is 8.84. The molecule has 0 amide bonds. The van der Waals surface area contributed by atoms with Gasteiger partial charge in [-0.15, -0.1) is 0 Å². The van der Waals surface area contributed by atoms with E-state index in [-0.39, 0.29) is 12.2 Å². The third-order valence-electron chi connectivity index (χ3n) is 4.79. The molecular weight excluding hydrogens is 419 g/mol. The average Bonchev–Trinajstić information content (AvgIpc) is 2.84. The summed E-state index contributed by atoms with van der Waals surface area (Å²) < 4.78 is 15.2. The Morgan fingerprint density at radius 2 is 1.97 bits per heavy atom. The highest BCUT2D eigenvalue weighted by Crippen LogP contribution is 2.17. The SMILES string of the molecule is C=N/C=N\C(NCc1cnc(-c2ccnc(C)c2)nc1)=C(\F)Cc1cccnc1CCNC. The number of allylic oxidation sites excluding steroid dienone is 1. The van der Waals surface area contributed by atoms with Crippen molar-refractivity contribution >= 4 is 13.1 Å². The summed E-state index contributed by atoms with van der Waals surface area (Å²) in [6.07, 6.45) is 8.83. The molecule has 0 saturated heterocycles. The zero-order valence-electron chi connectivity index (χ0n) is 18.8. The van der Waals surface area contributed by atoms with Crippen LogP contribution in [-0.2, 0) is 19.4 Å². The number of aromatic nitrogens is 4. The van der Waals surface area contributed by atoms with Crippen molar-refractivity contribution in [3.05, 3.63) is 83.2 Å². The van der Waals surface area contributed by atoms with Crippen molar-refractivity contribution in [1.82, 2.24) is 30.6 Å². The molecule has 3 aromatic rings. The Bertz CT molecular complexity index is 1130. The molecule has 170 valence electrons. The van der Waals surface area contributed by atoms with Gasteiger partial charge in [0.1, 0.15) is 12.2 Å². The standard InChI is InChI=1S/C24H27FN8/c1-17-11-20(6-10-28-17)23-30-13-18(14-31-23)15-32-24(33-16-27-3)21(25)12-19-5-4-8-29-22(19)7-9-26-2/h4-6,8,10-11,13-14,16,26,32H,3,7,9,12,15H2,1-2H3/b24-21+,33-16-. The van der Waals surface area contributed by atoms with Crippen LogP contribution in [-0.4, -0.2) is 46.6 Å². The van der Waals surface area contributed by atoms with E-state index in [1.807, 2.05) is 32.2 Å². The fourth-order valence-electron chi connectivity index (χ4n) is 3.13. The molecule has 3 heterocycles.